The van der Waals surface area contributed by atoms with Crippen molar-refractivity contribution in [2.75, 3.05) is 4.41 Å². The maximum Gasteiger partial charge on any atom is 0.291 e. The zero-order chi connectivity index (χ0) is 22.3. The zero-order valence-corrected chi connectivity index (χ0v) is 17.0. The lowest BCUT2D eigenvalue weighted by Crippen LogP contribution is -2.37. The molecule has 3 aromatic carbocycles. The van der Waals surface area contributed by atoms with Crippen molar-refractivity contribution in [3.05, 3.63) is 90.5 Å². The van der Waals surface area contributed by atoms with Crippen LogP contribution >= 0.6 is 0 Å². The molecule has 0 saturated carbocycles. The van der Waals surface area contributed by atoms with Gasteiger partial charge in [0.1, 0.15) is 0 Å². The van der Waals surface area contributed by atoms with E-state index in [0.29, 0.717) is 9.98 Å². The molecule has 0 radical (unpaired) electrons. The van der Waals surface area contributed by atoms with Gasteiger partial charge in [0.2, 0.25) is 0 Å². The Bertz CT molecular complexity index is 1190. The van der Waals surface area contributed by atoms with Crippen LogP contribution in [0.1, 0.15) is 5.56 Å². The van der Waals surface area contributed by atoms with Gasteiger partial charge in [-0.05, 0) is 47.0 Å². The lowest BCUT2D eigenvalue weighted by Gasteiger charge is -2.19. The maximum absolute atomic E-state index is 12.9. The van der Waals surface area contributed by atoms with Crippen LogP contribution in [0.4, 0.5) is 5.69 Å². The maximum atomic E-state index is 12.9. The van der Waals surface area contributed by atoms with Crippen LogP contribution < -0.4 is 16.2 Å². The number of hydrogen-bond donors (Lipinski definition) is 2. The van der Waals surface area contributed by atoms with Crippen LogP contribution in [0.25, 0.3) is 17.2 Å². The van der Waals surface area contributed by atoms with Crippen LogP contribution in [0.15, 0.2) is 100 Å². The number of sulfonamides is 1. The molecule has 158 valence electrons. The Labute approximate surface area is 179 Å². The average molecular weight is 437 g/mol. The highest BCUT2D eigenvalue weighted by Gasteiger charge is 2.22. The first-order chi connectivity index (χ1) is 14.9. The minimum absolute atomic E-state index is 0.0664. The molecule has 0 aliphatic carbocycles. The molecule has 0 aliphatic rings. The third-order valence-electron chi connectivity index (χ3n) is 4.27. The smallest absolute Gasteiger partial charge is 0.282 e. The molecule has 0 aromatic heterocycles. The monoisotopic (exact) mass is 437 g/mol. The number of nitrogens with two attached hydrogens (primary N) is 2. The van der Waals surface area contributed by atoms with Gasteiger partial charge in [-0.15, -0.1) is 5.90 Å². The summed E-state index contributed by atoms with van der Waals surface area (Å²) in [4.78, 5) is 15.3. The lowest BCUT2D eigenvalue weighted by molar-refractivity contribution is -0.114. The Kier molecular flexibility index (Phi) is 6.88. The van der Waals surface area contributed by atoms with Crippen molar-refractivity contribution in [2.24, 2.45) is 22.1 Å². The summed E-state index contributed by atoms with van der Waals surface area (Å²) in [5, 5.41) is 6.05. The summed E-state index contributed by atoms with van der Waals surface area (Å²) >= 11 is 0. The number of rotatable bonds is 7. The van der Waals surface area contributed by atoms with Crippen LogP contribution in [0, 0.1) is 0 Å². The first-order valence-corrected chi connectivity index (χ1v) is 10.4. The molecule has 0 spiro atoms. The Morgan fingerprint density at radius 3 is 2.13 bits per heavy atom. The van der Waals surface area contributed by atoms with E-state index < -0.39 is 15.9 Å². The van der Waals surface area contributed by atoms with Gasteiger partial charge in [-0.3, -0.25) is 9.73 Å². The largest absolute Gasteiger partial charge is 0.291 e. The zero-order valence-electron chi connectivity index (χ0n) is 16.2. The number of hydrazine groups is 1. The number of carbonyl (C=O) groups is 1. The second kappa shape index (κ2) is 9.76. The molecule has 31 heavy (non-hydrogen) atoms. The molecule has 9 nitrogen and oxygen atoms in total. The van der Waals surface area contributed by atoms with Crippen molar-refractivity contribution >= 4 is 27.7 Å². The quantitative estimate of drug-likeness (QED) is 0.252. The van der Waals surface area contributed by atoms with E-state index in [1.165, 1.54) is 30.3 Å². The summed E-state index contributed by atoms with van der Waals surface area (Å²) < 4.78 is 26.5. The van der Waals surface area contributed by atoms with Crippen LogP contribution in [-0.4, -0.2) is 14.3 Å². The van der Waals surface area contributed by atoms with E-state index in [1.807, 2.05) is 30.3 Å². The van der Waals surface area contributed by atoms with Gasteiger partial charge in [-0.2, -0.15) is 8.42 Å². The molecule has 4 N–H and O–H groups in total. The Hall–Kier alpha value is -3.86. The average Bonchev–Trinajstić information content (AvgIpc) is 2.82. The van der Waals surface area contributed by atoms with Gasteiger partial charge in [0, 0.05) is 6.08 Å². The predicted molar refractivity (Wildman–Crippen MR) is 116 cm³/mol. The summed E-state index contributed by atoms with van der Waals surface area (Å²) in [7, 11) is -3.95. The van der Waals surface area contributed by atoms with Gasteiger partial charge < -0.3 is 0 Å². The summed E-state index contributed by atoms with van der Waals surface area (Å²) in [5.41, 5.74) is 2.76. The molecular weight excluding hydrogens is 418 g/mol. The van der Waals surface area contributed by atoms with Gasteiger partial charge in [0.05, 0.1) is 15.9 Å². The van der Waals surface area contributed by atoms with Gasteiger partial charge >= 0.3 is 0 Å². The highest BCUT2D eigenvalue weighted by molar-refractivity contribution is 7.92. The van der Waals surface area contributed by atoms with Crippen molar-refractivity contribution in [3.8, 4) is 11.1 Å². The summed E-state index contributed by atoms with van der Waals surface area (Å²) in [6, 6.07) is 22.3. The molecule has 0 unspecified atom stereocenters. The fourth-order valence-corrected chi connectivity index (χ4v) is 3.81. The summed E-state index contributed by atoms with van der Waals surface area (Å²) in [6.45, 7) is 0. The number of nitrogens with zero attached hydrogens (tertiary/aromatic N) is 3. The van der Waals surface area contributed by atoms with E-state index >= 15 is 0 Å². The summed E-state index contributed by atoms with van der Waals surface area (Å²) in [5.74, 6) is 9.87. The predicted octanol–water partition coefficient (Wildman–Crippen LogP) is 3.22. The Morgan fingerprint density at radius 1 is 0.903 bits per heavy atom. The van der Waals surface area contributed by atoms with E-state index in [-0.39, 0.29) is 10.6 Å². The van der Waals surface area contributed by atoms with Crippen molar-refractivity contribution in [1.29, 1.82) is 0 Å². The normalized spacial score (nSPS) is 11.7. The highest BCUT2D eigenvalue weighted by atomic mass is 32.2. The first kappa shape index (κ1) is 21.8. The molecule has 0 atom stereocenters. The molecule has 0 saturated heterocycles. The number of carbonyl (C=O) groups excluding carboxylic acids is 1. The molecule has 1 amide bonds. The lowest BCUT2D eigenvalue weighted by atomic mass is 10.1. The second-order valence-electron chi connectivity index (χ2n) is 6.24. The first-order valence-electron chi connectivity index (χ1n) is 8.96. The highest BCUT2D eigenvalue weighted by Crippen LogP contribution is 2.24. The number of hydrogen-bond acceptors (Lipinski definition) is 7. The van der Waals surface area contributed by atoms with Gasteiger partial charge in [0.15, 0.2) is 0 Å². The Balaban J connectivity index is 1.75. The van der Waals surface area contributed by atoms with Crippen molar-refractivity contribution in [3.63, 3.8) is 0 Å². The van der Waals surface area contributed by atoms with E-state index in [0.717, 1.165) is 17.2 Å². The van der Waals surface area contributed by atoms with Crippen LogP contribution in [0.3, 0.4) is 0 Å². The topological polar surface area (TPSA) is 140 Å². The van der Waals surface area contributed by atoms with Crippen LogP contribution in [0.5, 0.6) is 0 Å². The van der Waals surface area contributed by atoms with E-state index in [2.05, 4.69) is 21.2 Å². The molecule has 0 fully saturated rings. The third kappa shape index (κ3) is 5.39. The van der Waals surface area contributed by atoms with Crippen LogP contribution in [0.2, 0.25) is 0 Å². The molecule has 3 rings (SSSR count). The van der Waals surface area contributed by atoms with Gasteiger partial charge in [-0.25, -0.2) is 10.3 Å². The molecule has 0 bridgehead atoms. The SMILES string of the molecule is NON=NC(=O)/C=C/c1ccc(N(N)S(=O)(=O)c2ccc(-c3ccccc3)cc2)cc1. The molecule has 0 heterocycles. The Morgan fingerprint density at radius 2 is 1.52 bits per heavy atom. The van der Waals surface area contributed by atoms with Crippen molar-refractivity contribution < 1.29 is 18.2 Å². The minimum Gasteiger partial charge on any atom is -0.282 e. The van der Waals surface area contributed by atoms with E-state index in [9.17, 15) is 13.2 Å². The number of benzene rings is 3. The fourth-order valence-electron chi connectivity index (χ4n) is 2.70. The summed E-state index contributed by atoms with van der Waals surface area (Å²) in [6.07, 6.45) is 2.63. The second-order valence-corrected chi connectivity index (χ2v) is 8.06. The minimum atomic E-state index is -3.95. The van der Waals surface area contributed by atoms with Crippen molar-refractivity contribution in [2.45, 2.75) is 4.90 Å². The van der Waals surface area contributed by atoms with Gasteiger partial charge in [-0.1, -0.05) is 59.7 Å². The van der Waals surface area contributed by atoms with Crippen LogP contribution in [-0.2, 0) is 19.8 Å². The van der Waals surface area contributed by atoms with Gasteiger partial charge in [0.25, 0.3) is 15.9 Å². The molecule has 3 aromatic rings. The van der Waals surface area contributed by atoms with Crippen molar-refractivity contribution in [1.82, 2.24) is 0 Å². The third-order valence-corrected chi connectivity index (χ3v) is 5.87. The molecule has 10 heteroatoms. The number of amides is 1. The van der Waals surface area contributed by atoms with E-state index in [1.54, 1.807) is 24.3 Å². The standard InChI is InChI=1S/C21H19N5O4S/c22-26(19-11-6-16(7-12-19)8-15-21(27)24-25-30-23)31(28,29)20-13-9-18(10-14-20)17-4-2-1-3-5-17/h1-15H,22-23H2/b15-8+,25-24?. The fraction of sp³-hybridized carbons (Fsp3) is 0. The molecule has 0 aliphatic heterocycles. The van der Waals surface area contributed by atoms with E-state index in [4.69, 9.17) is 5.84 Å². The molecular formula is C21H19N5O4S. The number of anilines is 1.